The molecule has 0 aliphatic carbocycles. The van der Waals surface area contributed by atoms with E-state index in [0.717, 1.165) is 30.7 Å². The van der Waals surface area contributed by atoms with Crippen molar-refractivity contribution in [2.24, 2.45) is 0 Å². The second-order valence-corrected chi connectivity index (χ2v) is 5.56. The lowest BCUT2D eigenvalue weighted by atomic mass is 10.2. The summed E-state index contributed by atoms with van der Waals surface area (Å²) in [5.41, 5.74) is 0.942. The molecular formula is C17H24N2O4. The molecule has 1 amide bonds. The van der Waals surface area contributed by atoms with Crippen LogP contribution in [0.3, 0.4) is 0 Å². The Labute approximate surface area is 136 Å². The Morgan fingerprint density at radius 1 is 1.30 bits per heavy atom. The van der Waals surface area contributed by atoms with Crippen LogP contribution in [0.4, 0.5) is 0 Å². The smallest absolute Gasteiger partial charge is 0.323 e. The second-order valence-electron chi connectivity index (χ2n) is 5.56. The molecule has 0 unspecified atom stereocenters. The number of para-hydroxylation sites is 1. The van der Waals surface area contributed by atoms with E-state index in [1.807, 2.05) is 29.2 Å². The largest absolute Gasteiger partial charge is 0.496 e. The summed E-state index contributed by atoms with van der Waals surface area (Å²) in [5, 5.41) is 2.89. The molecule has 0 bridgehead atoms. The number of carbonyl (C=O) groups excluding carboxylic acids is 2. The van der Waals surface area contributed by atoms with Crippen molar-refractivity contribution in [3.8, 4) is 5.75 Å². The number of ether oxygens (including phenoxy) is 2. The number of nitrogens with one attached hydrogen (secondary N) is 1. The summed E-state index contributed by atoms with van der Waals surface area (Å²) >= 11 is 0. The molecule has 126 valence electrons. The third kappa shape index (κ3) is 4.69. The average Bonchev–Trinajstić information content (AvgIpc) is 3.06. The molecule has 1 N–H and O–H groups in total. The van der Waals surface area contributed by atoms with Gasteiger partial charge in [-0.25, -0.2) is 0 Å². The second kappa shape index (κ2) is 8.53. The fourth-order valence-corrected chi connectivity index (χ4v) is 2.87. The summed E-state index contributed by atoms with van der Waals surface area (Å²) in [6, 6.07) is 7.39. The summed E-state index contributed by atoms with van der Waals surface area (Å²) in [6.07, 6.45) is 2.13. The molecule has 1 aliphatic heterocycles. The summed E-state index contributed by atoms with van der Waals surface area (Å²) in [5.74, 6) is 0.515. The van der Waals surface area contributed by atoms with E-state index in [1.165, 1.54) is 7.11 Å². The van der Waals surface area contributed by atoms with Gasteiger partial charge in [-0.1, -0.05) is 18.2 Å². The number of rotatable bonds is 7. The van der Waals surface area contributed by atoms with E-state index < -0.39 is 0 Å². The maximum absolute atomic E-state index is 12.0. The Morgan fingerprint density at radius 2 is 2.09 bits per heavy atom. The van der Waals surface area contributed by atoms with Gasteiger partial charge in [-0.3, -0.25) is 14.5 Å². The molecule has 0 radical (unpaired) electrons. The predicted octanol–water partition coefficient (Wildman–Crippen LogP) is 1.34. The Balaban J connectivity index is 1.78. The number of hydrogen-bond donors (Lipinski definition) is 1. The maximum atomic E-state index is 12.0. The normalized spacial score (nSPS) is 17.7. The highest BCUT2D eigenvalue weighted by molar-refractivity contribution is 5.77. The molecule has 0 saturated carbocycles. The van der Waals surface area contributed by atoms with E-state index in [-0.39, 0.29) is 17.9 Å². The van der Waals surface area contributed by atoms with Crippen molar-refractivity contribution < 1.29 is 19.1 Å². The molecule has 23 heavy (non-hydrogen) atoms. The first-order chi connectivity index (χ1) is 11.2. The minimum absolute atomic E-state index is 0.0357. The van der Waals surface area contributed by atoms with E-state index in [4.69, 9.17) is 9.47 Å². The quantitative estimate of drug-likeness (QED) is 0.768. The zero-order valence-electron chi connectivity index (χ0n) is 13.7. The first kappa shape index (κ1) is 17.3. The molecule has 1 heterocycles. The molecule has 1 saturated heterocycles. The van der Waals surface area contributed by atoms with E-state index in [1.54, 1.807) is 7.11 Å². The molecule has 6 heteroatoms. The summed E-state index contributed by atoms with van der Waals surface area (Å²) in [6.45, 7) is 1.83. The minimum Gasteiger partial charge on any atom is -0.496 e. The van der Waals surface area contributed by atoms with Gasteiger partial charge < -0.3 is 14.8 Å². The van der Waals surface area contributed by atoms with Crippen LogP contribution in [0.15, 0.2) is 24.3 Å². The van der Waals surface area contributed by atoms with Crippen LogP contribution in [0.1, 0.15) is 24.8 Å². The van der Waals surface area contributed by atoms with Crippen LogP contribution in [-0.4, -0.2) is 50.1 Å². The van der Waals surface area contributed by atoms with E-state index >= 15 is 0 Å². The number of amides is 1. The Morgan fingerprint density at radius 3 is 2.83 bits per heavy atom. The van der Waals surface area contributed by atoms with Gasteiger partial charge in [0.05, 0.1) is 14.2 Å². The van der Waals surface area contributed by atoms with Gasteiger partial charge in [0.25, 0.3) is 0 Å². The van der Waals surface area contributed by atoms with Crippen LogP contribution >= 0.6 is 0 Å². The maximum Gasteiger partial charge on any atom is 0.323 e. The van der Waals surface area contributed by atoms with Gasteiger partial charge >= 0.3 is 5.97 Å². The monoisotopic (exact) mass is 320 g/mol. The van der Waals surface area contributed by atoms with Crippen LogP contribution in [0, 0.1) is 0 Å². The van der Waals surface area contributed by atoms with Crippen molar-refractivity contribution in [1.29, 1.82) is 0 Å². The Kier molecular flexibility index (Phi) is 6.40. The molecule has 1 atom stereocenters. The standard InChI is InChI=1S/C17H24N2O4/c1-22-15-8-4-3-6-13(15)12-18-16(20)9-11-19-10-5-7-14(19)17(21)23-2/h3-4,6,8,14H,5,7,9-12H2,1-2H3,(H,18,20)/t14-/m0/s1. The van der Waals surface area contributed by atoms with Gasteiger partial charge in [0, 0.05) is 25.1 Å². The van der Waals surface area contributed by atoms with Crippen molar-refractivity contribution in [2.45, 2.75) is 31.8 Å². The van der Waals surface area contributed by atoms with Crippen molar-refractivity contribution in [3.63, 3.8) is 0 Å². The Bertz CT molecular complexity index is 547. The molecule has 0 aromatic heterocycles. The lowest BCUT2D eigenvalue weighted by molar-refractivity contribution is -0.146. The topological polar surface area (TPSA) is 67.9 Å². The highest BCUT2D eigenvalue weighted by Crippen LogP contribution is 2.19. The van der Waals surface area contributed by atoms with Crippen molar-refractivity contribution in [1.82, 2.24) is 10.2 Å². The lowest BCUT2D eigenvalue weighted by Crippen LogP contribution is -2.39. The highest BCUT2D eigenvalue weighted by atomic mass is 16.5. The van der Waals surface area contributed by atoms with Crippen molar-refractivity contribution in [3.05, 3.63) is 29.8 Å². The lowest BCUT2D eigenvalue weighted by Gasteiger charge is -2.21. The number of benzene rings is 1. The molecular weight excluding hydrogens is 296 g/mol. The van der Waals surface area contributed by atoms with Crippen LogP contribution in [0.5, 0.6) is 5.75 Å². The predicted molar refractivity (Wildman–Crippen MR) is 86.1 cm³/mol. The fraction of sp³-hybridized carbons (Fsp3) is 0.529. The van der Waals surface area contributed by atoms with E-state index in [2.05, 4.69) is 5.32 Å². The number of hydrogen-bond acceptors (Lipinski definition) is 5. The Hall–Kier alpha value is -2.08. The van der Waals surface area contributed by atoms with Gasteiger partial charge in [-0.05, 0) is 25.5 Å². The third-order valence-corrected chi connectivity index (χ3v) is 4.13. The number of methoxy groups -OCH3 is 2. The van der Waals surface area contributed by atoms with Gasteiger partial charge in [0.1, 0.15) is 11.8 Å². The van der Waals surface area contributed by atoms with E-state index in [0.29, 0.717) is 19.5 Å². The highest BCUT2D eigenvalue weighted by Gasteiger charge is 2.31. The van der Waals surface area contributed by atoms with Crippen LogP contribution < -0.4 is 10.1 Å². The van der Waals surface area contributed by atoms with Crippen molar-refractivity contribution in [2.75, 3.05) is 27.3 Å². The van der Waals surface area contributed by atoms with Crippen LogP contribution in [-0.2, 0) is 20.9 Å². The van der Waals surface area contributed by atoms with Gasteiger partial charge in [-0.2, -0.15) is 0 Å². The third-order valence-electron chi connectivity index (χ3n) is 4.13. The molecule has 1 fully saturated rings. The molecule has 6 nitrogen and oxygen atoms in total. The minimum atomic E-state index is -0.211. The van der Waals surface area contributed by atoms with Gasteiger partial charge in [-0.15, -0.1) is 0 Å². The number of esters is 1. The first-order valence-corrected chi connectivity index (χ1v) is 7.86. The fourth-order valence-electron chi connectivity index (χ4n) is 2.87. The van der Waals surface area contributed by atoms with Crippen LogP contribution in [0.2, 0.25) is 0 Å². The SMILES string of the molecule is COC(=O)[C@@H]1CCCN1CCC(=O)NCc1ccccc1OC. The molecule has 1 aliphatic rings. The number of likely N-dealkylation sites (tertiary alicyclic amines) is 1. The summed E-state index contributed by atoms with van der Waals surface area (Å²) < 4.78 is 10.1. The first-order valence-electron chi connectivity index (χ1n) is 7.86. The zero-order valence-corrected chi connectivity index (χ0v) is 13.7. The number of carbonyl (C=O) groups is 2. The summed E-state index contributed by atoms with van der Waals surface area (Å²) in [4.78, 5) is 25.7. The van der Waals surface area contributed by atoms with Crippen molar-refractivity contribution >= 4 is 11.9 Å². The van der Waals surface area contributed by atoms with Gasteiger partial charge in [0.15, 0.2) is 0 Å². The molecule has 1 aromatic carbocycles. The van der Waals surface area contributed by atoms with Crippen LogP contribution in [0.25, 0.3) is 0 Å². The summed E-state index contributed by atoms with van der Waals surface area (Å²) in [7, 11) is 3.01. The zero-order chi connectivity index (χ0) is 16.7. The molecule has 1 aromatic rings. The van der Waals surface area contributed by atoms with Gasteiger partial charge in [0.2, 0.25) is 5.91 Å². The van der Waals surface area contributed by atoms with E-state index in [9.17, 15) is 9.59 Å². The molecule has 0 spiro atoms. The molecule has 2 rings (SSSR count). The average molecular weight is 320 g/mol. The number of nitrogens with zero attached hydrogens (tertiary/aromatic N) is 1.